The SMILES string of the molecule is CCC(CC)C(C)Nc1cccc(N)c1. The van der Waals surface area contributed by atoms with Gasteiger partial charge in [-0.15, -0.1) is 0 Å². The molecule has 2 heteroatoms. The molecule has 0 aromatic heterocycles. The minimum atomic E-state index is 0.502. The second-order valence-electron chi connectivity index (χ2n) is 4.14. The Morgan fingerprint density at radius 1 is 1.27 bits per heavy atom. The van der Waals surface area contributed by atoms with E-state index in [1.54, 1.807) is 0 Å². The van der Waals surface area contributed by atoms with Gasteiger partial charge in [0.25, 0.3) is 0 Å². The first kappa shape index (κ1) is 11.9. The molecule has 84 valence electrons. The number of anilines is 2. The van der Waals surface area contributed by atoms with Gasteiger partial charge < -0.3 is 11.1 Å². The Kier molecular flexibility index (Phi) is 4.47. The molecule has 0 aliphatic carbocycles. The van der Waals surface area contributed by atoms with E-state index >= 15 is 0 Å². The van der Waals surface area contributed by atoms with Gasteiger partial charge in [0.1, 0.15) is 0 Å². The Morgan fingerprint density at radius 3 is 2.47 bits per heavy atom. The van der Waals surface area contributed by atoms with Gasteiger partial charge >= 0.3 is 0 Å². The topological polar surface area (TPSA) is 38.0 Å². The molecular formula is C13H22N2. The number of benzene rings is 1. The zero-order valence-corrected chi connectivity index (χ0v) is 9.96. The third-order valence-corrected chi connectivity index (χ3v) is 3.04. The van der Waals surface area contributed by atoms with Gasteiger partial charge in [0.05, 0.1) is 0 Å². The quantitative estimate of drug-likeness (QED) is 0.723. The molecule has 1 aromatic rings. The maximum Gasteiger partial charge on any atom is 0.0362 e. The predicted molar refractivity (Wildman–Crippen MR) is 68.0 cm³/mol. The molecule has 0 amide bonds. The van der Waals surface area contributed by atoms with E-state index < -0.39 is 0 Å². The highest BCUT2D eigenvalue weighted by Crippen LogP contribution is 2.19. The average Bonchev–Trinajstić information content (AvgIpc) is 2.19. The first-order chi connectivity index (χ1) is 7.17. The van der Waals surface area contributed by atoms with Crippen LogP contribution in [0, 0.1) is 5.92 Å². The average molecular weight is 206 g/mol. The molecule has 3 N–H and O–H groups in total. The van der Waals surface area contributed by atoms with E-state index in [4.69, 9.17) is 5.73 Å². The third-order valence-electron chi connectivity index (χ3n) is 3.04. The highest BCUT2D eigenvalue weighted by atomic mass is 14.9. The second kappa shape index (κ2) is 5.64. The molecule has 0 saturated carbocycles. The van der Waals surface area contributed by atoms with Crippen molar-refractivity contribution in [1.82, 2.24) is 0 Å². The summed E-state index contributed by atoms with van der Waals surface area (Å²) in [6.45, 7) is 6.72. The Hall–Kier alpha value is -1.18. The number of nitrogens with two attached hydrogens (primary N) is 1. The summed E-state index contributed by atoms with van der Waals surface area (Å²) in [7, 11) is 0. The highest BCUT2D eigenvalue weighted by molar-refractivity contribution is 5.54. The molecule has 1 unspecified atom stereocenters. The molecule has 0 fully saturated rings. The molecule has 0 saturated heterocycles. The van der Waals surface area contributed by atoms with Crippen LogP contribution in [0.5, 0.6) is 0 Å². The van der Waals surface area contributed by atoms with Crippen LogP contribution in [0.1, 0.15) is 33.6 Å². The van der Waals surface area contributed by atoms with E-state index in [0.29, 0.717) is 6.04 Å². The molecule has 0 bridgehead atoms. The van der Waals surface area contributed by atoms with Crippen molar-refractivity contribution < 1.29 is 0 Å². The van der Waals surface area contributed by atoms with Crippen molar-refractivity contribution >= 4 is 11.4 Å². The van der Waals surface area contributed by atoms with Crippen molar-refractivity contribution in [2.45, 2.75) is 39.7 Å². The van der Waals surface area contributed by atoms with Crippen LogP contribution >= 0.6 is 0 Å². The second-order valence-corrected chi connectivity index (χ2v) is 4.14. The molecular weight excluding hydrogens is 184 g/mol. The lowest BCUT2D eigenvalue weighted by Gasteiger charge is -2.23. The van der Waals surface area contributed by atoms with E-state index in [-0.39, 0.29) is 0 Å². The summed E-state index contributed by atoms with van der Waals surface area (Å²) in [5.41, 5.74) is 7.67. The van der Waals surface area contributed by atoms with Gasteiger partial charge in [-0.05, 0) is 31.0 Å². The molecule has 2 nitrogen and oxygen atoms in total. The molecule has 0 heterocycles. The molecule has 1 rings (SSSR count). The van der Waals surface area contributed by atoms with Crippen molar-refractivity contribution in [2.24, 2.45) is 5.92 Å². The van der Waals surface area contributed by atoms with Crippen LogP contribution in [0.4, 0.5) is 11.4 Å². The maximum atomic E-state index is 5.74. The van der Waals surface area contributed by atoms with Crippen LogP contribution in [-0.2, 0) is 0 Å². The zero-order valence-electron chi connectivity index (χ0n) is 9.96. The van der Waals surface area contributed by atoms with E-state index in [2.05, 4.69) is 32.2 Å². The van der Waals surface area contributed by atoms with Crippen LogP contribution in [0.15, 0.2) is 24.3 Å². The number of nitrogen functional groups attached to an aromatic ring is 1. The Balaban J connectivity index is 2.61. The summed E-state index contributed by atoms with van der Waals surface area (Å²) in [4.78, 5) is 0. The minimum Gasteiger partial charge on any atom is -0.399 e. The molecule has 1 aromatic carbocycles. The molecule has 1 atom stereocenters. The molecule has 0 aliphatic heterocycles. The van der Waals surface area contributed by atoms with Gasteiger partial charge in [0, 0.05) is 17.4 Å². The lowest BCUT2D eigenvalue weighted by atomic mass is 9.95. The lowest BCUT2D eigenvalue weighted by molar-refractivity contribution is 0.438. The van der Waals surface area contributed by atoms with Crippen LogP contribution in [-0.4, -0.2) is 6.04 Å². The van der Waals surface area contributed by atoms with Gasteiger partial charge in [-0.3, -0.25) is 0 Å². The van der Waals surface area contributed by atoms with Crippen molar-refractivity contribution in [3.05, 3.63) is 24.3 Å². The molecule has 0 radical (unpaired) electrons. The van der Waals surface area contributed by atoms with Gasteiger partial charge in [0.2, 0.25) is 0 Å². The fraction of sp³-hybridized carbons (Fsp3) is 0.538. The van der Waals surface area contributed by atoms with E-state index in [0.717, 1.165) is 17.3 Å². The van der Waals surface area contributed by atoms with Gasteiger partial charge in [-0.25, -0.2) is 0 Å². The third kappa shape index (κ3) is 3.46. The monoisotopic (exact) mass is 206 g/mol. The van der Waals surface area contributed by atoms with Gasteiger partial charge in [-0.2, -0.15) is 0 Å². The van der Waals surface area contributed by atoms with Gasteiger partial charge in [-0.1, -0.05) is 32.8 Å². The predicted octanol–water partition coefficient (Wildman–Crippen LogP) is 3.51. The van der Waals surface area contributed by atoms with Crippen LogP contribution in [0.2, 0.25) is 0 Å². The number of rotatable bonds is 5. The normalized spacial score (nSPS) is 12.8. The largest absolute Gasteiger partial charge is 0.399 e. The minimum absolute atomic E-state index is 0.502. The van der Waals surface area contributed by atoms with Crippen LogP contribution < -0.4 is 11.1 Å². The van der Waals surface area contributed by atoms with Crippen LogP contribution in [0.3, 0.4) is 0 Å². The molecule has 0 aliphatic rings. The van der Waals surface area contributed by atoms with Crippen molar-refractivity contribution in [1.29, 1.82) is 0 Å². The number of hydrogen-bond acceptors (Lipinski definition) is 2. The van der Waals surface area contributed by atoms with Crippen molar-refractivity contribution in [3.8, 4) is 0 Å². The fourth-order valence-corrected chi connectivity index (χ4v) is 2.00. The Morgan fingerprint density at radius 2 is 1.93 bits per heavy atom. The molecule has 0 spiro atoms. The van der Waals surface area contributed by atoms with Crippen molar-refractivity contribution in [3.63, 3.8) is 0 Å². The summed E-state index contributed by atoms with van der Waals surface area (Å²) >= 11 is 0. The lowest BCUT2D eigenvalue weighted by Crippen LogP contribution is -2.24. The standard InChI is InChI=1S/C13H22N2/c1-4-11(5-2)10(3)15-13-8-6-7-12(14)9-13/h6-11,15H,4-5,14H2,1-3H3. The summed E-state index contributed by atoms with van der Waals surface area (Å²) in [6.07, 6.45) is 2.43. The molecule has 15 heavy (non-hydrogen) atoms. The summed E-state index contributed by atoms with van der Waals surface area (Å²) in [5.74, 6) is 0.728. The van der Waals surface area contributed by atoms with Crippen molar-refractivity contribution in [2.75, 3.05) is 11.1 Å². The maximum absolute atomic E-state index is 5.74. The van der Waals surface area contributed by atoms with E-state index in [1.165, 1.54) is 12.8 Å². The first-order valence-corrected chi connectivity index (χ1v) is 5.79. The van der Waals surface area contributed by atoms with E-state index in [1.807, 2.05) is 18.2 Å². The highest BCUT2D eigenvalue weighted by Gasteiger charge is 2.12. The fourth-order valence-electron chi connectivity index (χ4n) is 2.00. The van der Waals surface area contributed by atoms with E-state index in [9.17, 15) is 0 Å². The summed E-state index contributed by atoms with van der Waals surface area (Å²) in [5, 5.41) is 3.50. The summed E-state index contributed by atoms with van der Waals surface area (Å²) < 4.78 is 0. The Bertz CT molecular complexity index is 292. The first-order valence-electron chi connectivity index (χ1n) is 5.79. The van der Waals surface area contributed by atoms with Gasteiger partial charge in [0.15, 0.2) is 0 Å². The number of nitrogens with one attached hydrogen (secondary N) is 1. The Labute approximate surface area is 92.9 Å². The smallest absolute Gasteiger partial charge is 0.0362 e. The van der Waals surface area contributed by atoms with Crippen LogP contribution in [0.25, 0.3) is 0 Å². The summed E-state index contributed by atoms with van der Waals surface area (Å²) in [6, 6.07) is 8.44. The number of hydrogen-bond donors (Lipinski definition) is 2. The zero-order chi connectivity index (χ0) is 11.3.